The molecule has 0 unspecified atom stereocenters. The zero-order chi connectivity index (χ0) is 14.4. The molecule has 0 saturated carbocycles. The molecule has 0 N–H and O–H groups in total. The lowest BCUT2D eigenvalue weighted by atomic mass is 10.1. The predicted octanol–water partition coefficient (Wildman–Crippen LogP) is 3.51. The fraction of sp³-hybridized carbons (Fsp3) is 0.0588. The minimum Gasteiger partial charge on any atom is -0.279 e. The molecule has 0 heterocycles. The number of nitriles is 1. The monoisotopic (exact) mass is 277 g/mol. The molecule has 2 aromatic carbocycles. The van der Waals surface area contributed by atoms with E-state index >= 15 is 0 Å². The van der Waals surface area contributed by atoms with Gasteiger partial charge in [0.05, 0.1) is 11.6 Å². The van der Waals surface area contributed by atoms with E-state index in [4.69, 9.17) is 5.26 Å². The highest BCUT2D eigenvalue weighted by Crippen LogP contribution is 2.19. The molecule has 20 heavy (non-hydrogen) atoms. The van der Waals surface area contributed by atoms with Gasteiger partial charge in [-0.25, -0.2) is 0 Å². The summed E-state index contributed by atoms with van der Waals surface area (Å²) in [5, 5.41) is 8.71. The minimum atomic E-state index is -0.195. The molecule has 0 amide bonds. The number of thioether (sulfide) groups is 1. The highest BCUT2D eigenvalue weighted by atomic mass is 32.2. The number of hydrogen-bond acceptors (Lipinski definition) is 3. The summed E-state index contributed by atoms with van der Waals surface area (Å²) in [6.07, 6.45) is 1.93. The van der Waals surface area contributed by atoms with Crippen molar-refractivity contribution in [3.8, 4) is 17.9 Å². The molecular formula is C17H11NOS. The van der Waals surface area contributed by atoms with Gasteiger partial charge in [0, 0.05) is 16.0 Å². The first-order valence-electron chi connectivity index (χ1n) is 5.94. The normalized spacial score (nSPS) is 9.20. The SMILES string of the molecule is CSc1ccccc1C(=O)C#Cc1ccc(C#N)cc1. The number of rotatable bonds is 2. The second kappa shape index (κ2) is 6.61. The van der Waals surface area contributed by atoms with E-state index in [1.54, 1.807) is 30.3 Å². The van der Waals surface area contributed by atoms with Gasteiger partial charge >= 0.3 is 0 Å². The molecule has 3 heteroatoms. The molecule has 2 aromatic rings. The molecule has 2 nitrogen and oxygen atoms in total. The summed E-state index contributed by atoms with van der Waals surface area (Å²) < 4.78 is 0. The first-order valence-corrected chi connectivity index (χ1v) is 7.16. The topological polar surface area (TPSA) is 40.9 Å². The fourth-order valence-electron chi connectivity index (χ4n) is 1.66. The average Bonchev–Trinajstić information content (AvgIpc) is 2.53. The van der Waals surface area contributed by atoms with Crippen molar-refractivity contribution in [3.05, 3.63) is 65.2 Å². The van der Waals surface area contributed by atoms with Gasteiger partial charge in [-0.1, -0.05) is 18.1 Å². The van der Waals surface area contributed by atoms with E-state index in [1.165, 1.54) is 11.8 Å². The lowest BCUT2D eigenvalue weighted by molar-refractivity contribution is 0.105. The molecule has 0 aromatic heterocycles. The highest BCUT2D eigenvalue weighted by molar-refractivity contribution is 7.98. The van der Waals surface area contributed by atoms with Crippen LogP contribution in [-0.2, 0) is 0 Å². The molecule has 0 aliphatic rings. The maximum atomic E-state index is 12.1. The Morgan fingerprint density at radius 2 is 1.70 bits per heavy atom. The number of hydrogen-bond donors (Lipinski definition) is 0. The molecule has 2 rings (SSSR count). The van der Waals surface area contributed by atoms with Crippen LogP contribution in [0.2, 0.25) is 0 Å². The smallest absolute Gasteiger partial charge is 0.237 e. The van der Waals surface area contributed by atoms with Gasteiger partial charge in [0.25, 0.3) is 0 Å². The van der Waals surface area contributed by atoms with Crippen molar-refractivity contribution in [2.45, 2.75) is 4.90 Å². The van der Waals surface area contributed by atoms with Gasteiger partial charge < -0.3 is 0 Å². The van der Waals surface area contributed by atoms with Crippen molar-refractivity contribution in [1.82, 2.24) is 0 Å². The van der Waals surface area contributed by atoms with Crippen LogP contribution in [0.4, 0.5) is 0 Å². The molecule has 0 aliphatic carbocycles. The molecule has 0 bridgehead atoms. The number of Topliss-reactive ketones (excluding diaryl/α,β-unsaturated/α-hetero) is 1. The van der Waals surface area contributed by atoms with Crippen LogP contribution in [0.3, 0.4) is 0 Å². The molecule has 0 atom stereocenters. The number of carbonyl (C=O) groups is 1. The molecule has 0 aliphatic heterocycles. The lowest BCUT2D eigenvalue weighted by Gasteiger charge is -2.01. The average molecular weight is 277 g/mol. The Bertz CT molecular complexity index is 730. The Morgan fingerprint density at radius 3 is 2.35 bits per heavy atom. The second-order valence-electron chi connectivity index (χ2n) is 3.97. The van der Waals surface area contributed by atoms with Crippen molar-refractivity contribution in [3.63, 3.8) is 0 Å². The Morgan fingerprint density at radius 1 is 1.05 bits per heavy atom. The van der Waals surface area contributed by atoms with Crippen molar-refractivity contribution < 1.29 is 4.79 Å². The zero-order valence-corrected chi connectivity index (χ0v) is 11.7. The van der Waals surface area contributed by atoms with Gasteiger partial charge in [-0.05, 0) is 48.6 Å². The van der Waals surface area contributed by atoms with Crippen molar-refractivity contribution >= 4 is 17.5 Å². The Balaban J connectivity index is 2.24. The molecule has 96 valence electrons. The zero-order valence-electron chi connectivity index (χ0n) is 10.9. The molecule has 0 fully saturated rings. The first-order chi connectivity index (χ1) is 9.74. The summed E-state index contributed by atoms with van der Waals surface area (Å²) in [6.45, 7) is 0. The van der Waals surface area contributed by atoms with Crippen LogP contribution in [0, 0.1) is 23.2 Å². The third-order valence-corrected chi connectivity index (χ3v) is 3.48. The standard InChI is InChI=1S/C17H11NOS/c1-20-17-5-3-2-4-15(17)16(19)11-10-13-6-8-14(12-18)9-7-13/h2-9H,1H3. The third-order valence-electron chi connectivity index (χ3n) is 2.69. The number of carbonyl (C=O) groups excluding carboxylic acids is 1. The largest absolute Gasteiger partial charge is 0.279 e. The van der Waals surface area contributed by atoms with Crippen LogP contribution in [-0.4, -0.2) is 12.0 Å². The summed E-state index contributed by atoms with van der Waals surface area (Å²) in [5.41, 5.74) is 1.93. The minimum absolute atomic E-state index is 0.195. The van der Waals surface area contributed by atoms with Gasteiger partial charge in [0.2, 0.25) is 5.78 Å². The van der Waals surface area contributed by atoms with E-state index in [9.17, 15) is 4.79 Å². The summed E-state index contributed by atoms with van der Waals surface area (Å²) in [7, 11) is 0. The van der Waals surface area contributed by atoms with Crippen molar-refractivity contribution in [2.24, 2.45) is 0 Å². The second-order valence-corrected chi connectivity index (χ2v) is 4.82. The van der Waals surface area contributed by atoms with Crippen molar-refractivity contribution in [1.29, 1.82) is 5.26 Å². The van der Waals surface area contributed by atoms with E-state index in [0.29, 0.717) is 11.1 Å². The van der Waals surface area contributed by atoms with Crippen LogP contribution >= 0.6 is 11.8 Å². The fourth-order valence-corrected chi connectivity index (χ4v) is 2.25. The van der Waals surface area contributed by atoms with Crippen LogP contribution in [0.15, 0.2) is 53.4 Å². The molecular weight excluding hydrogens is 266 g/mol. The number of benzene rings is 2. The van der Waals surface area contributed by atoms with Crippen LogP contribution in [0.1, 0.15) is 21.5 Å². The summed E-state index contributed by atoms with van der Waals surface area (Å²) in [5.74, 6) is 5.27. The van der Waals surface area contributed by atoms with E-state index in [1.807, 2.05) is 30.5 Å². The van der Waals surface area contributed by atoms with Crippen LogP contribution in [0.5, 0.6) is 0 Å². The van der Waals surface area contributed by atoms with Crippen molar-refractivity contribution in [2.75, 3.05) is 6.26 Å². The van der Waals surface area contributed by atoms with Gasteiger partial charge in [-0.3, -0.25) is 4.79 Å². The van der Waals surface area contributed by atoms with E-state index in [0.717, 1.165) is 10.5 Å². The molecule has 0 radical (unpaired) electrons. The number of ketones is 1. The maximum Gasteiger partial charge on any atom is 0.237 e. The maximum absolute atomic E-state index is 12.1. The molecule has 0 spiro atoms. The Hall–Kier alpha value is -2.49. The van der Waals surface area contributed by atoms with Crippen LogP contribution in [0.25, 0.3) is 0 Å². The van der Waals surface area contributed by atoms with E-state index in [-0.39, 0.29) is 5.78 Å². The summed E-state index contributed by atoms with van der Waals surface area (Å²) >= 11 is 1.53. The Labute approximate surface area is 122 Å². The third kappa shape index (κ3) is 3.29. The molecule has 0 saturated heterocycles. The highest BCUT2D eigenvalue weighted by Gasteiger charge is 2.07. The van der Waals surface area contributed by atoms with Gasteiger partial charge in [-0.2, -0.15) is 5.26 Å². The van der Waals surface area contributed by atoms with E-state index in [2.05, 4.69) is 11.8 Å². The Kier molecular flexibility index (Phi) is 4.60. The summed E-state index contributed by atoms with van der Waals surface area (Å²) in [4.78, 5) is 13.0. The van der Waals surface area contributed by atoms with Gasteiger partial charge in [0.1, 0.15) is 0 Å². The lowest BCUT2D eigenvalue weighted by Crippen LogP contribution is -1.97. The van der Waals surface area contributed by atoms with Crippen LogP contribution < -0.4 is 0 Å². The van der Waals surface area contributed by atoms with Gasteiger partial charge in [0.15, 0.2) is 0 Å². The predicted molar refractivity (Wildman–Crippen MR) is 80.6 cm³/mol. The number of nitrogens with zero attached hydrogens (tertiary/aromatic N) is 1. The first kappa shape index (κ1) is 13.9. The summed E-state index contributed by atoms with van der Waals surface area (Å²) in [6, 6.07) is 16.3. The van der Waals surface area contributed by atoms with E-state index < -0.39 is 0 Å². The van der Waals surface area contributed by atoms with Gasteiger partial charge in [-0.15, -0.1) is 11.8 Å². The quantitative estimate of drug-likeness (QED) is 0.479.